The van der Waals surface area contributed by atoms with Crippen LogP contribution in [0.4, 0.5) is 0 Å². The Kier molecular flexibility index (Phi) is 9.66. The summed E-state index contributed by atoms with van der Waals surface area (Å²) in [7, 11) is -1.57. The molecule has 1 aromatic heterocycles. The minimum absolute atomic E-state index is 0. The summed E-state index contributed by atoms with van der Waals surface area (Å²) in [5, 5.41) is 7.32. The van der Waals surface area contributed by atoms with Gasteiger partial charge in [0.05, 0.1) is 6.54 Å². The van der Waals surface area contributed by atoms with Gasteiger partial charge >= 0.3 is 0 Å². The lowest BCUT2D eigenvalue weighted by Gasteiger charge is -2.25. The van der Waals surface area contributed by atoms with E-state index in [9.17, 15) is 8.42 Å². The maximum atomic E-state index is 12.7. The average molecular weight is 545 g/mol. The molecular formula is C17H29IN4O2S3. The minimum atomic E-state index is -3.33. The summed E-state index contributed by atoms with van der Waals surface area (Å²) < 4.78 is 27.5. The van der Waals surface area contributed by atoms with Gasteiger partial charge in [-0.25, -0.2) is 8.42 Å². The third kappa shape index (κ3) is 6.48. The Bertz CT molecular complexity index is 712. The largest absolute Gasteiger partial charge is 0.355 e. The van der Waals surface area contributed by atoms with E-state index in [1.54, 1.807) is 17.4 Å². The lowest BCUT2D eigenvalue weighted by atomic mass is 10.2. The van der Waals surface area contributed by atoms with E-state index in [2.05, 4.69) is 15.6 Å². The number of piperidine rings is 1. The maximum Gasteiger partial charge on any atom is 0.252 e. The number of hydrogen-bond donors (Lipinski definition) is 2. The Hall–Kier alpha value is -0.0400. The molecule has 27 heavy (non-hydrogen) atoms. The van der Waals surface area contributed by atoms with E-state index in [0.717, 1.165) is 36.6 Å². The molecule has 3 heterocycles. The molecule has 1 aromatic rings. The molecule has 154 valence electrons. The van der Waals surface area contributed by atoms with E-state index in [4.69, 9.17) is 0 Å². The third-order valence-electron chi connectivity index (χ3n) is 4.72. The van der Waals surface area contributed by atoms with Crippen LogP contribution in [0.2, 0.25) is 0 Å². The van der Waals surface area contributed by atoms with Crippen LogP contribution in [0.1, 0.15) is 37.0 Å². The molecule has 2 fully saturated rings. The highest BCUT2D eigenvalue weighted by Gasteiger charge is 2.27. The number of nitrogens with one attached hydrogen (secondary N) is 2. The summed E-state index contributed by atoms with van der Waals surface area (Å²) in [5.74, 6) is 2.02. The quantitative estimate of drug-likeness (QED) is 0.327. The van der Waals surface area contributed by atoms with E-state index >= 15 is 0 Å². The molecule has 10 heteroatoms. The van der Waals surface area contributed by atoms with Crippen molar-refractivity contribution >= 4 is 63.1 Å². The second kappa shape index (κ2) is 11.2. The second-order valence-corrected chi connectivity index (χ2v) is 11.4. The van der Waals surface area contributed by atoms with Crippen LogP contribution >= 0.6 is 47.1 Å². The number of guanidine groups is 1. The first kappa shape index (κ1) is 23.2. The van der Waals surface area contributed by atoms with Crippen molar-refractivity contribution in [2.24, 2.45) is 4.99 Å². The van der Waals surface area contributed by atoms with E-state index in [1.165, 1.54) is 29.9 Å². The molecule has 0 amide bonds. The van der Waals surface area contributed by atoms with Crippen LogP contribution in [0.25, 0.3) is 0 Å². The van der Waals surface area contributed by atoms with Gasteiger partial charge in [0.15, 0.2) is 5.96 Å². The molecular weight excluding hydrogens is 515 g/mol. The normalized spacial score (nSPS) is 21.7. The predicted molar refractivity (Wildman–Crippen MR) is 126 cm³/mol. The van der Waals surface area contributed by atoms with Gasteiger partial charge in [-0.1, -0.05) is 6.42 Å². The van der Waals surface area contributed by atoms with E-state index in [0.29, 0.717) is 29.1 Å². The topological polar surface area (TPSA) is 73.8 Å². The summed E-state index contributed by atoms with van der Waals surface area (Å²) >= 11 is 3.36. The summed E-state index contributed by atoms with van der Waals surface area (Å²) in [6.07, 6.45) is 5.60. The van der Waals surface area contributed by atoms with Crippen LogP contribution in [-0.2, 0) is 16.6 Å². The van der Waals surface area contributed by atoms with Gasteiger partial charge in [0.2, 0.25) is 0 Å². The fourth-order valence-electron chi connectivity index (χ4n) is 3.23. The van der Waals surface area contributed by atoms with E-state index in [1.807, 2.05) is 17.8 Å². The van der Waals surface area contributed by atoms with Gasteiger partial charge in [0.1, 0.15) is 4.21 Å². The number of sulfonamides is 1. The molecule has 2 saturated heterocycles. The van der Waals surface area contributed by atoms with Gasteiger partial charge in [0, 0.05) is 36.8 Å². The average Bonchev–Trinajstić information content (AvgIpc) is 3.35. The predicted octanol–water partition coefficient (Wildman–Crippen LogP) is 3.10. The van der Waals surface area contributed by atoms with Crippen molar-refractivity contribution in [2.75, 3.05) is 32.4 Å². The lowest BCUT2D eigenvalue weighted by Crippen LogP contribution is -2.39. The van der Waals surface area contributed by atoms with Crippen LogP contribution < -0.4 is 10.6 Å². The summed E-state index contributed by atoms with van der Waals surface area (Å²) in [5.41, 5.74) is 0. The van der Waals surface area contributed by atoms with Gasteiger partial charge in [-0.2, -0.15) is 16.1 Å². The number of hydrogen-bond acceptors (Lipinski definition) is 5. The van der Waals surface area contributed by atoms with Crippen LogP contribution in [0.15, 0.2) is 21.3 Å². The Balaban J connectivity index is 0.00000261. The molecule has 2 N–H and O–H groups in total. The maximum absolute atomic E-state index is 12.7. The van der Waals surface area contributed by atoms with Crippen LogP contribution in [0.3, 0.4) is 0 Å². The van der Waals surface area contributed by atoms with E-state index in [-0.39, 0.29) is 24.0 Å². The zero-order valence-electron chi connectivity index (χ0n) is 15.6. The zero-order valence-corrected chi connectivity index (χ0v) is 20.4. The standard InChI is InChI=1S/C17H28N4O2S3.HI/c1-18-17(19-12-14-6-5-11-24-14)20-13-15-7-8-16(25-15)26(22,23)21-9-3-2-4-10-21;/h7-8,14H,2-6,9-13H2,1H3,(H2,18,19,20);1H. The Labute approximate surface area is 188 Å². The first-order valence-electron chi connectivity index (χ1n) is 9.24. The Morgan fingerprint density at radius 2 is 2.00 bits per heavy atom. The second-order valence-electron chi connectivity index (χ2n) is 6.63. The van der Waals surface area contributed by atoms with Crippen molar-refractivity contribution in [3.05, 3.63) is 17.0 Å². The molecule has 1 atom stereocenters. The van der Waals surface area contributed by atoms with Crippen LogP contribution in [-0.4, -0.2) is 56.4 Å². The van der Waals surface area contributed by atoms with Gasteiger partial charge in [0.25, 0.3) is 10.0 Å². The highest BCUT2D eigenvalue weighted by Crippen LogP contribution is 2.27. The van der Waals surface area contributed by atoms with Crippen molar-refractivity contribution in [2.45, 2.75) is 48.1 Å². The summed E-state index contributed by atoms with van der Waals surface area (Å²) in [6.45, 7) is 2.79. The number of rotatable bonds is 6. The number of thiophene rings is 1. The molecule has 0 aromatic carbocycles. The first-order valence-corrected chi connectivity index (χ1v) is 12.5. The number of halogens is 1. The Morgan fingerprint density at radius 1 is 1.22 bits per heavy atom. The van der Waals surface area contributed by atoms with E-state index < -0.39 is 10.0 Å². The smallest absolute Gasteiger partial charge is 0.252 e. The molecule has 1 unspecified atom stereocenters. The fourth-order valence-corrected chi connectivity index (χ4v) is 7.40. The summed E-state index contributed by atoms with van der Waals surface area (Å²) in [4.78, 5) is 5.26. The van der Waals surface area contributed by atoms with Crippen molar-refractivity contribution in [3.8, 4) is 0 Å². The van der Waals surface area contributed by atoms with Crippen molar-refractivity contribution in [1.82, 2.24) is 14.9 Å². The van der Waals surface area contributed by atoms with Gasteiger partial charge in [-0.05, 0) is 43.6 Å². The summed E-state index contributed by atoms with van der Waals surface area (Å²) in [6, 6.07) is 3.63. The molecule has 0 saturated carbocycles. The van der Waals surface area contributed by atoms with Gasteiger partial charge in [-0.15, -0.1) is 35.3 Å². The highest BCUT2D eigenvalue weighted by atomic mass is 127. The lowest BCUT2D eigenvalue weighted by molar-refractivity contribution is 0.347. The molecule has 3 rings (SSSR count). The molecule has 0 spiro atoms. The first-order chi connectivity index (χ1) is 12.6. The van der Waals surface area contributed by atoms with Crippen LogP contribution in [0.5, 0.6) is 0 Å². The fraction of sp³-hybridized carbons (Fsp3) is 0.706. The molecule has 2 aliphatic rings. The molecule has 6 nitrogen and oxygen atoms in total. The zero-order chi connectivity index (χ0) is 18.4. The SMILES string of the molecule is CN=C(NCc1ccc(S(=O)(=O)N2CCCCC2)s1)NCC1CCCS1.I. The number of aliphatic imine (C=N–C) groups is 1. The molecule has 0 aliphatic carbocycles. The van der Waals surface area contributed by atoms with Crippen molar-refractivity contribution in [1.29, 1.82) is 0 Å². The van der Waals surface area contributed by atoms with Crippen molar-refractivity contribution in [3.63, 3.8) is 0 Å². The third-order valence-corrected chi connectivity index (χ3v) is 9.57. The molecule has 0 bridgehead atoms. The van der Waals surface area contributed by atoms with Crippen molar-refractivity contribution < 1.29 is 8.42 Å². The Morgan fingerprint density at radius 3 is 2.67 bits per heavy atom. The number of nitrogens with zero attached hydrogens (tertiary/aromatic N) is 2. The van der Waals surface area contributed by atoms with Crippen LogP contribution in [0, 0.1) is 0 Å². The highest BCUT2D eigenvalue weighted by molar-refractivity contribution is 14.0. The minimum Gasteiger partial charge on any atom is -0.355 e. The monoisotopic (exact) mass is 544 g/mol. The number of thioether (sulfide) groups is 1. The molecule has 0 radical (unpaired) electrons. The molecule has 2 aliphatic heterocycles. The van der Waals surface area contributed by atoms with Gasteiger partial charge < -0.3 is 10.6 Å². The van der Waals surface area contributed by atoms with Gasteiger partial charge in [-0.3, -0.25) is 4.99 Å².